The Labute approximate surface area is 107 Å². The van der Waals surface area contributed by atoms with E-state index in [0.29, 0.717) is 5.92 Å². The number of nitrogens with two attached hydrogens (primary N) is 1. The average molecular weight is 242 g/mol. The van der Waals surface area contributed by atoms with E-state index in [4.69, 9.17) is 5.73 Å². The number of fused-ring (bicyclic) bond motifs is 1. The van der Waals surface area contributed by atoms with Crippen molar-refractivity contribution < 1.29 is 0 Å². The second-order valence-corrected chi connectivity index (χ2v) is 5.13. The highest BCUT2D eigenvalue weighted by molar-refractivity contribution is 5.63. The van der Waals surface area contributed by atoms with E-state index < -0.39 is 0 Å². The van der Waals surface area contributed by atoms with Crippen molar-refractivity contribution >= 4 is 5.69 Å². The summed E-state index contributed by atoms with van der Waals surface area (Å²) in [6.45, 7) is 5.20. The van der Waals surface area contributed by atoms with Gasteiger partial charge < -0.3 is 5.73 Å². The second-order valence-electron chi connectivity index (χ2n) is 5.13. The molecule has 1 atom stereocenters. The smallest absolute Gasteiger partial charge is 0.181 e. The molecule has 4 nitrogen and oxygen atoms in total. The van der Waals surface area contributed by atoms with Gasteiger partial charge in [-0.15, -0.1) is 0 Å². The SMILES string of the molecule is Cc1ccc(-c2nc3n(n2)CCCC3C)cc1N. The van der Waals surface area contributed by atoms with Crippen LogP contribution in [0.5, 0.6) is 0 Å². The molecule has 0 aliphatic carbocycles. The molecular weight excluding hydrogens is 224 g/mol. The number of aryl methyl sites for hydroxylation is 2. The van der Waals surface area contributed by atoms with Crippen molar-refractivity contribution in [3.05, 3.63) is 29.6 Å². The minimum atomic E-state index is 0.503. The lowest BCUT2D eigenvalue weighted by Gasteiger charge is -2.17. The van der Waals surface area contributed by atoms with Crippen molar-refractivity contribution in [2.24, 2.45) is 0 Å². The fourth-order valence-electron chi connectivity index (χ4n) is 2.46. The molecule has 3 rings (SSSR count). The lowest BCUT2D eigenvalue weighted by molar-refractivity contribution is 0.432. The first kappa shape index (κ1) is 11.3. The highest BCUT2D eigenvalue weighted by Gasteiger charge is 2.21. The van der Waals surface area contributed by atoms with Crippen LogP contribution in [0.15, 0.2) is 18.2 Å². The predicted octanol–water partition coefficient (Wildman–Crippen LogP) is 2.73. The molecule has 94 valence electrons. The zero-order chi connectivity index (χ0) is 12.7. The Balaban J connectivity index is 2.04. The molecule has 18 heavy (non-hydrogen) atoms. The molecule has 0 bridgehead atoms. The molecule has 0 fully saturated rings. The van der Waals surface area contributed by atoms with E-state index in [1.807, 2.05) is 29.8 Å². The summed E-state index contributed by atoms with van der Waals surface area (Å²) in [5.74, 6) is 2.41. The van der Waals surface area contributed by atoms with Crippen LogP contribution in [0.4, 0.5) is 5.69 Å². The molecule has 1 aromatic carbocycles. The Morgan fingerprint density at radius 2 is 2.22 bits per heavy atom. The van der Waals surface area contributed by atoms with E-state index in [-0.39, 0.29) is 0 Å². The van der Waals surface area contributed by atoms with Crippen LogP contribution in [0.3, 0.4) is 0 Å². The molecule has 2 aromatic rings. The number of nitrogen functional groups attached to an aromatic ring is 1. The van der Waals surface area contributed by atoms with Crippen molar-refractivity contribution in [3.63, 3.8) is 0 Å². The molecule has 0 amide bonds. The van der Waals surface area contributed by atoms with Crippen LogP contribution in [0.1, 0.15) is 37.1 Å². The average Bonchev–Trinajstić information content (AvgIpc) is 2.78. The normalized spacial score (nSPS) is 18.7. The maximum atomic E-state index is 5.95. The van der Waals surface area contributed by atoms with Gasteiger partial charge in [-0.2, -0.15) is 5.10 Å². The first-order valence-electron chi connectivity index (χ1n) is 6.46. The standard InChI is InChI=1S/C14H18N4/c1-9-5-6-11(8-12(9)15)13-16-14-10(2)4-3-7-18(14)17-13/h5-6,8,10H,3-4,7,15H2,1-2H3. The molecule has 2 heterocycles. The summed E-state index contributed by atoms with van der Waals surface area (Å²) in [6.07, 6.45) is 2.39. The first-order valence-corrected chi connectivity index (χ1v) is 6.46. The number of benzene rings is 1. The molecule has 0 radical (unpaired) electrons. The maximum Gasteiger partial charge on any atom is 0.181 e. The monoisotopic (exact) mass is 242 g/mol. The molecule has 1 unspecified atom stereocenters. The first-order chi connectivity index (χ1) is 8.65. The topological polar surface area (TPSA) is 56.7 Å². The number of rotatable bonds is 1. The minimum Gasteiger partial charge on any atom is -0.398 e. The molecule has 2 N–H and O–H groups in total. The highest BCUT2D eigenvalue weighted by Crippen LogP contribution is 2.28. The van der Waals surface area contributed by atoms with Gasteiger partial charge in [-0.25, -0.2) is 9.67 Å². The summed E-state index contributed by atoms with van der Waals surface area (Å²) in [5.41, 5.74) is 8.84. The van der Waals surface area contributed by atoms with E-state index in [0.717, 1.165) is 35.0 Å². The number of anilines is 1. The summed E-state index contributed by atoms with van der Waals surface area (Å²) in [5, 5.41) is 4.59. The Morgan fingerprint density at radius 3 is 2.94 bits per heavy atom. The summed E-state index contributed by atoms with van der Waals surface area (Å²) in [6, 6.07) is 6.02. The van der Waals surface area contributed by atoms with Gasteiger partial charge in [-0.1, -0.05) is 19.1 Å². The van der Waals surface area contributed by atoms with Gasteiger partial charge in [0.25, 0.3) is 0 Å². The largest absolute Gasteiger partial charge is 0.398 e. The van der Waals surface area contributed by atoms with E-state index in [1.165, 1.54) is 12.8 Å². The third kappa shape index (κ3) is 1.78. The van der Waals surface area contributed by atoms with E-state index >= 15 is 0 Å². The molecular formula is C14H18N4. The summed E-state index contributed by atoms with van der Waals surface area (Å²) >= 11 is 0. The molecule has 1 aromatic heterocycles. The lowest BCUT2D eigenvalue weighted by atomic mass is 10.0. The van der Waals surface area contributed by atoms with Crippen LogP contribution in [0.25, 0.3) is 11.4 Å². The quantitative estimate of drug-likeness (QED) is 0.782. The van der Waals surface area contributed by atoms with Crippen molar-refractivity contribution in [2.75, 3.05) is 5.73 Å². The number of hydrogen-bond acceptors (Lipinski definition) is 3. The Morgan fingerprint density at radius 1 is 1.39 bits per heavy atom. The van der Waals surface area contributed by atoms with Crippen LogP contribution in [-0.2, 0) is 6.54 Å². The molecule has 0 saturated carbocycles. The van der Waals surface area contributed by atoms with Crippen LogP contribution in [-0.4, -0.2) is 14.8 Å². The second kappa shape index (κ2) is 4.12. The van der Waals surface area contributed by atoms with Crippen molar-refractivity contribution in [1.29, 1.82) is 0 Å². The van der Waals surface area contributed by atoms with Gasteiger partial charge in [0, 0.05) is 23.7 Å². The van der Waals surface area contributed by atoms with Crippen molar-refractivity contribution in [3.8, 4) is 11.4 Å². The van der Waals surface area contributed by atoms with Crippen LogP contribution in [0, 0.1) is 6.92 Å². The molecule has 0 spiro atoms. The third-order valence-electron chi connectivity index (χ3n) is 3.69. The maximum absolute atomic E-state index is 5.95. The fourth-order valence-corrected chi connectivity index (χ4v) is 2.46. The highest BCUT2D eigenvalue weighted by atomic mass is 15.4. The Bertz CT molecular complexity index is 585. The van der Waals surface area contributed by atoms with Crippen LogP contribution in [0.2, 0.25) is 0 Å². The van der Waals surface area contributed by atoms with E-state index in [1.54, 1.807) is 0 Å². The summed E-state index contributed by atoms with van der Waals surface area (Å²) < 4.78 is 2.04. The zero-order valence-corrected chi connectivity index (χ0v) is 10.8. The predicted molar refractivity (Wildman–Crippen MR) is 72.3 cm³/mol. The van der Waals surface area contributed by atoms with Crippen molar-refractivity contribution in [1.82, 2.24) is 14.8 Å². The fraction of sp³-hybridized carbons (Fsp3) is 0.429. The minimum absolute atomic E-state index is 0.503. The Kier molecular flexibility index (Phi) is 2.58. The summed E-state index contributed by atoms with van der Waals surface area (Å²) in [7, 11) is 0. The van der Waals surface area contributed by atoms with Crippen molar-refractivity contribution in [2.45, 2.75) is 39.2 Å². The van der Waals surface area contributed by atoms with Crippen LogP contribution >= 0.6 is 0 Å². The number of aromatic nitrogens is 3. The number of hydrogen-bond donors (Lipinski definition) is 1. The van der Waals surface area contributed by atoms with Gasteiger partial charge in [-0.3, -0.25) is 0 Å². The van der Waals surface area contributed by atoms with Gasteiger partial charge in [-0.05, 0) is 31.4 Å². The zero-order valence-electron chi connectivity index (χ0n) is 10.8. The molecule has 1 aliphatic heterocycles. The summed E-state index contributed by atoms with van der Waals surface area (Å²) in [4.78, 5) is 4.67. The van der Waals surface area contributed by atoms with E-state index in [2.05, 4.69) is 17.0 Å². The Hall–Kier alpha value is -1.84. The van der Waals surface area contributed by atoms with Gasteiger partial charge in [0.2, 0.25) is 0 Å². The molecule has 4 heteroatoms. The van der Waals surface area contributed by atoms with Gasteiger partial charge in [0.15, 0.2) is 5.82 Å². The van der Waals surface area contributed by atoms with Gasteiger partial charge in [0.1, 0.15) is 5.82 Å². The van der Waals surface area contributed by atoms with E-state index in [9.17, 15) is 0 Å². The van der Waals surface area contributed by atoms with Gasteiger partial charge in [0.05, 0.1) is 0 Å². The lowest BCUT2D eigenvalue weighted by Crippen LogP contribution is -2.14. The van der Waals surface area contributed by atoms with Crippen LogP contribution < -0.4 is 5.73 Å². The number of nitrogens with zero attached hydrogens (tertiary/aromatic N) is 3. The molecule has 1 aliphatic rings. The van der Waals surface area contributed by atoms with Gasteiger partial charge >= 0.3 is 0 Å². The third-order valence-corrected chi connectivity index (χ3v) is 3.69. The molecule has 0 saturated heterocycles.